The first-order chi connectivity index (χ1) is 26.0. The summed E-state index contributed by atoms with van der Waals surface area (Å²) in [6, 6.07) is 18.2. The molecule has 2 saturated carbocycles. The van der Waals surface area contributed by atoms with Crippen LogP contribution >= 0.6 is 0 Å². The molecule has 0 spiro atoms. The molecule has 0 N–H and O–H groups in total. The Kier molecular flexibility index (Phi) is 13.8. The molecular formula is C55H68Cl2Hf-2. The van der Waals surface area contributed by atoms with Crippen LogP contribution < -0.4 is 24.8 Å². The van der Waals surface area contributed by atoms with Gasteiger partial charge in [-0.1, -0.05) is 115 Å². The number of hydrogen-bond acceptors (Lipinski definition) is 0. The van der Waals surface area contributed by atoms with Crippen molar-refractivity contribution in [2.75, 3.05) is 0 Å². The average molecular weight is 979 g/mol. The molecule has 2 aromatic rings. The Labute approximate surface area is 381 Å². The predicted octanol–water partition coefficient (Wildman–Crippen LogP) is 8.36. The maximum Gasteiger partial charge on any atom is 0.00455 e. The normalized spacial score (nSPS) is 35.7. The quantitative estimate of drug-likeness (QED) is 0.210. The summed E-state index contributed by atoms with van der Waals surface area (Å²) in [5.74, 6) is 0.460. The average Bonchev–Trinajstić information content (AvgIpc) is 3.80. The zero-order valence-electron chi connectivity index (χ0n) is 37.8. The molecule has 0 saturated heterocycles. The maximum atomic E-state index is 2.99. The van der Waals surface area contributed by atoms with Gasteiger partial charge in [-0.15, -0.1) is 23.8 Å². The summed E-state index contributed by atoms with van der Waals surface area (Å²) in [6.07, 6.45) is 39.3. The fourth-order valence-electron chi connectivity index (χ4n) is 12.0. The molecule has 3 heteroatoms. The molecule has 2 fully saturated rings. The van der Waals surface area contributed by atoms with Crippen LogP contribution in [0.15, 0.2) is 139 Å². The summed E-state index contributed by atoms with van der Waals surface area (Å²) in [5.41, 5.74) is 7.70. The van der Waals surface area contributed by atoms with Gasteiger partial charge in [-0.05, 0) is 28.6 Å². The molecule has 0 radical (unpaired) electrons. The Balaban J connectivity index is 0.000000228. The van der Waals surface area contributed by atoms with E-state index in [1.54, 1.807) is 0 Å². The van der Waals surface area contributed by atoms with E-state index in [2.05, 4.69) is 231 Å². The van der Waals surface area contributed by atoms with E-state index >= 15 is 0 Å². The third kappa shape index (κ3) is 6.92. The standard InChI is InChI=1S/C29H37.C21H26.C5H5.2ClH.Hf/c1-21-14-13-15-22-20-27(6)25(4)18-10-9-16-23(25,2)24(3)17-11-12-19-26(24,5)29(27,8)28(21,22)7;1-20(2,3)18-11-7-16(8-12-18)15-17-9-13-19(14-10-17)21(4,5)6;1-2-4-5-3-1;;;/h9-20,22H,1-8H3;7-14H,1-6H3;1-3H,4H2;2*1H;/q-1;;-1;;;+2/p-2. The summed E-state index contributed by atoms with van der Waals surface area (Å²) in [7, 11) is 0. The van der Waals surface area contributed by atoms with Gasteiger partial charge in [-0.25, -0.2) is 12.2 Å². The third-order valence-electron chi connectivity index (χ3n) is 16.7. The van der Waals surface area contributed by atoms with Crippen molar-refractivity contribution in [1.29, 1.82) is 0 Å². The first kappa shape index (κ1) is 48.3. The molecule has 6 aliphatic rings. The van der Waals surface area contributed by atoms with Crippen molar-refractivity contribution in [2.24, 2.45) is 43.8 Å². The van der Waals surface area contributed by atoms with Crippen molar-refractivity contribution in [2.45, 2.75) is 114 Å². The first-order valence-electron chi connectivity index (χ1n) is 21.0. The smallest absolute Gasteiger partial charge is 0.00455 e. The zero-order chi connectivity index (χ0) is 41.2. The van der Waals surface area contributed by atoms with E-state index < -0.39 is 0 Å². The van der Waals surface area contributed by atoms with Crippen molar-refractivity contribution in [3.05, 3.63) is 174 Å². The Morgan fingerprint density at radius 1 is 0.621 bits per heavy atom. The van der Waals surface area contributed by atoms with Crippen LogP contribution in [0.25, 0.3) is 0 Å². The van der Waals surface area contributed by atoms with Crippen molar-refractivity contribution in [1.82, 2.24) is 0 Å². The Morgan fingerprint density at radius 2 is 1.05 bits per heavy atom. The molecule has 308 valence electrons. The monoisotopic (exact) mass is 978 g/mol. The molecule has 0 amide bonds. The fraction of sp³-hybridized carbons (Fsp3) is 0.455. The van der Waals surface area contributed by atoms with Crippen LogP contribution in [-0.2, 0) is 34.7 Å². The minimum Gasteiger partial charge on any atom is -1.00 e. The zero-order valence-corrected chi connectivity index (χ0v) is 42.9. The van der Waals surface area contributed by atoms with Gasteiger partial charge >= 0.3 is 150 Å². The number of fused-ring (bicyclic) bond motifs is 8. The van der Waals surface area contributed by atoms with Gasteiger partial charge in [0.05, 0.1) is 0 Å². The fourth-order valence-corrected chi connectivity index (χ4v) is 13.2. The van der Waals surface area contributed by atoms with Gasteiger partial charge in [0.1, 0.15) is 0 Å². The van der Waals surface area contributed by atoms with E-state index in [0.29, 0.717) is 5.92 Å². The van der Waals surface area contributed by atoms with Crippen LogP contribution in [0.3, 0.4) is 0 Å². The van der Waals surface area contributed by atoms with Crippen molar-refractivity contribution >= 4 is 3.26 Å². The third-order valence-corrected chi connectivity index (χ3v) is 18.8. The second-order valence-corrected chi connectivity index (χ2v) is 22.5. The van der Waals surface area contributed by atoms with Gasteiger partial charge < -0.3 is 31.2 Å². The van der Waals surface area contributed by atoms with E-state index in [9.17, 15) is 0 Å². The topological polar surface area (TPSA) is 0 Å². The molecule has 8 atom stereocenters. The molecule has 6 aliphatic carbocycles. The Hall–Kier alpha value is -2.32. The molecule has 8 rings (SSSR count). The van der Waals surface area contributed by atoms with Crippen LogP contribution in [0.1, 0.15) is 126 Å². The van der Waals surface area contributed by atoms with Gasteiger partial charge in [-0.3, -0.25) is 6.08 Å². The largest absolute Gasteiger partial charge is 1.00 e. The molecule has 0 heterocycles. The second kappa shape index (κ2) is 16.5. The molecule has 8 unspecified atom stereocenters. The summed E-state index contributed by atoms with van der Waals surface area (Å²) in [5, 5.41) is 0. The minimum absolute atomic E-state index is 0. The molecule has 0 aromatic heterocycles. The van der Waals surface area contributed by atoms with Gasteiger partial charge in [0.25, 0.3) is 0 Å². The van der Waals surface area contributed by atoms with E-state index in [-0.39, 0.29) is 73.5 Å². The van der Waals surface area contributed by atoms with E-state index in [1.807, 2.05) is 12.2 Å². The van der Waals surface area contributed by atoms with Crippen LogP contribution in [0.5, 0.6) is 0 Å². The predicted molar refractivity (Wildman–Crippen MR) is 239 cm³/mol. The number of allylic oxidation sites excluding steroid dienone is 16. The van der Waals surface area contributed by atoms with Crippen LogP contribution in [0.2, 0.25) is 0 Å². The SMILES string of the molecule is CC(C)(C)c1ccc([C](=[Hf+2])c2ccc(C(C)(C)C)cc2)cc1.CC1=CC=CC2[CH-]C3(C)C4(C)C=CC=CC4(C)C4(C)C=CC=CC4(C)C3(C)C12C.[C-]1=CC=CC1.[Cl-].[Cl-]. The van der Waals surface area contributed by atoms with Crippen LogP contribution in [0, 0.1) is 56.3 Å². The number of benzene rings is 2. The maximum absolute atomic E-state index is 2.99. The summed E-state index contributed by atoms with van der Waals surface area (Å²) in [4.78, 5) is 0. The Bertz CT molecular complexity index is 2020. The second-order valence-electron chi connectivity index (χ2n) is 20.7. The number of rotatable bonds is 2. The first-order valence-corrected chi connectivity index (χ1v) is 22.8. The Morgan fingerprint density at radius 3 is 1.45 bits per heavy atom. The van der Waals surface area contributed by atoms with Crippen LogP contribution in [0.4, 0.5) is 0 Å². The van der Waals surface area contributed by atoms with Crippen molar-refractivity contribution in [3.8, 4) is 0 Å². The van der Waals surface area contributed by atoms with Crippen molar-refractivity contribution in [3.63, 3.8) is 0 Å². The number of hydrogen-bond donors (Lipinski definition) is 0. The minimum atomic E-state index is 0. The van der Waals surface area contributed by atoms with Gasteiger partial charge in [-0.2, -0.15) is 6.08 Å². The molecule has 58 heavy (non-hydrogen) atoms. The van der Waals surface area contributed by atoms with Gasteiger partial charge in [0.2, 0.25) is 0 Å². The van der Waals surface area contributed by atoms with Crippen LogP contribution in [-0.4, -0.2) is 3.26 Å². The van der Waals surface area contributed by atoms with Gasteiger partial charge in [0.15, 0.2) is 0 Å². The molecule has 2 aromatic carbocycles. The van der Waals surface area contributed by atoms with E-state index in [0.717, 1.165) is 30.3 Å². The summed E-state index contributed by atoms with van der Waals surface area (Å²) < 4.78 is 1.47. The molecule has 0 bridgehead atoms. The number of halogens is 2. The summed E-state index contributed by atoms with van der Waals surface area (Å²) in [6.45, 7) is 33.9. The van der Waals surface area contributed by atoms with E-state index in [1.165, 1.54) is 31.1 Å². The molecular weight excluding hydrogens is 910 g/mol. The summed E-state index contributed by atoms with van der Waals surface area (Å²) >= 11 is 1.06. The molecule has 0 aliphatic heterocycles. The van der Waals surface area contributed by atoms with Crippen molar-refractivity contribution < 1.29 is 48.7 Å². The van der Waals surface area contributed by atoms with E-state index in [4.69, 9.17) is 0 Å². The van der Waals surface area contributed by atoms with Gasteiger partial charge in [0, 0.05) is 10.8 Å². The molecule has 0 nitrogen and oxygen atoms in total.